The molecule has 0 aromatic carbocycles. The van der Waals surface area contributed by atoms with Gasteiger partial charge in [-0.3, -0.25) is 4.79 Å². The number of hydrogen-bond donors (Lipinski definition) is 0. The summed E-state index contributed by atoms with van der Waals surface area (Å²) in [6.07, 6.45) is 2.92. The van der Waals surface area contributed by atoms with Crippen molar-refractivity contribution >= 4 is 5.97 Å². The van der Waals surface area contributed by atoms with Crippen molar-refractivity contribution in [3.05, 3.63) is 18.2 Å². The van der Waals surface area contributed by atoms with E-state index in [1.807, 2.05) is 6.07 Å². The van der Waals surface area contributed by atoms with E-state index in [9.17, 15) is 4.79 Å². The lowest BCUT2D eigenvalue weighted by Crippen LogP contribution is -2.11. The third kappa shape index (κ3) is 2.60. The molecule has 0 saturated heterocycles. The molecule has 13 heavy (non-hydrogen) atoms. The van der Waals surface area contributed by atoms with Gasteiger partial charge in [0.2, 0.25) is 0 Å². The molecule has 0 amide bonds. The first-order valence-electron chi connectivity index (χ1n) is 3.83. The van der Waals surface area contributed by atoms with Gasteiger partial charge in [-0.25, -0.2) is 4.98 Å². The van der Waals surface area contributed by atoms with Crippen LogP contribution in [0.2, 0.25) is 0 Å². The molecule has 0 aliphatic carbocycles. The fraction of sp³-hybridized carbons (Fsp3) is 0.375. The minimum atomic E-state index is -0.329. The molecule has 68 valence electrons. The van der Waals surface area contributed by atoms with Crippen LogP contribution in [0.25, 0.3) is 0 Å². The van der Waals surface area contributed by atoms with Crippen LogP contribution in [0.1, 0.15) is 12.6 Å². The smallest absolute Gasteiger partial charge is 0.325 e. The summed E-state index contributed by atoms with van der Waals surface area (Å²) in [4.78, 5) is 14.7. The largest absolute Gasteiger partial charge is 0.465 e. The topological polar surface area (TPSA) is 67.9 Å². The van der Waals surface area contributed by atoms with Crippen molar-refractivity contribution in [1.29, 1.82) is 5.26 Å². The molecule has 0 radical (unpaired) electrons. The van der Waals surface area contributed by atoms with Crippen LogP contribution in [0.3, 0.4) is 0 Å². The van der Waals surface area contributed by atoms with Gasteiger partial charge in [-0.05, 0) is 6.92 Å². The number of carbonyl (C=O) groups excluding carboxylic acids is 1. The summed E-state index contributed by atoms with van der Waals surface area (Å²) >= 11 is 0. The van der Waals surface area contributed by atoms with Gasteiger partial charge in [0.25, 0.3) is 0 Å². The molecule has 1 heterocycles. The Morgan fingerprint density at radius 2 is 2.62 bits per heavy atom. The molecule has 0 atom stereocenters. The van der Waals surface area contributed by atoms with Gasteiger partial charge >= 0.3 is 5.97 Å². The predicted molar refractivity (Wildman–Crippen MR) is 43.6 cm³/mol. The fourth-order valence-corrected chi connectivity index (χ4v) is 0.860. The summed E-state index contributed by atoms with van der Waals surface area (Å²) in [5.74, 6) is -0.329. The van der Waals surface area contributed by atoms with E-state index in [1.54, 1.807) is 6.92 Å². The van der Waals surface area contributed by atoms with Gasteiger partial charge in [-0.15, -0.1) is 0 Å². The Kier molecular flexibility index (Phi) is 3.03. The number of nitriles is 1. The Bertz CT molecular complexity index is 337. The van der Waals surface area contributed by atoms with Crippen molar-refractivity contribution in [3.8, 4) is 6.07 Å². The first kappa shape index (κ1) is 9.26. The average Bonchev–Trinajstić information content (AvgIpc) is 2.52. The molecule has 0 spiro atoms. The quantitative estimate of drug-likeness (QED) is 0.626. The van der Waals surface area contributed by atoms with E-state index in [0.29, 0.717) is 12.3 Å². The van der Waals surface area contributed by atoms with Crippen LogP contribution in [0, 0.1) is 11.3 Å². The minimum absolute atomic E-state index is 0.0997. The molecule has 1 rings (SSSR count). The van der Waals surface area contributed by atoms with Crippen LogP contribution in [0.5, 0.6) is 0 Å². The highest BCUT2D eigenvalue weighted by Gasteiger charge is 2.03. The molecule has 5 nitrogen and oxygen atoms in total. The third-order valence-corrected chi connectivity index (χ3v) is 1.36. The zero-order valence-electron chi connectivity index (χ0n) is 7.23. The van der Waals surface area contributed by atoms with E-state index in [-0.39, 0.29) is 12.5 Å². The van der Waals surface area contributed by atoms with Gasteiger partial charge in [0.05, 0.1) is 12.9 Å². The Balaban J connectivity index is 2.55. The van der Waals surface area contributed by atoms with Gasteiger partial charge in [0, 0.05) is 6.20 Å². The predicted octanol–water partition coefficient (Wildman–Crippen LogP) is 0.318. The number of aromatic nitrogens is 2. The first-order valence-corrected chi connectivity index (χ1v) is 3.83. The van der Waals surface area contributed by atoms with E-state index in [1.165, 1.54) is 17.1 Å². The Morgan fingerprint density at radius 1 is 1.85 bits per heavy atom. The molecule has 1 aromatic heterocycles. The lowest BCUT2D eigenvalue weighted by atomic mass is 10.5. The molecule has 0 unspecified atom stereocenters. The van der Waals surface area contributed by atoms with Crippen LogP contribution in [0.4, 0.5) is 0 Å². The van der Waals surface area contributed by atoms with Crippen LogP contribution < -0.4 is 0 Å². The highest BCUT2D eigenvalue weighted by molar-refractivity contribution is 5.69. The standard InChI is InChI=1S/C8H9N3O2/c1-2-13-8(12)5-11-4-7(3-9)10-6-11/h4,6H,2,5H2,1H3. The van der Waals surface area contributed by atoms with Crippen molar-refractivity contribution in [2.45, 2.75) is 13.5 Å². The van der Waals surface area contributed by atoms with Crippen molar-refractivity contribution < 1.29 is 9.53 Å². The van der Waals surface area contributed by atoms with E-state index < -0.39 is 0 Å². The van der Waals surface area contributed by atoms with E-state index in [2.05, 4.69) is 4.98 Å². The monoisotopic (exact) mass is 179 g/mol. The summed E-state index contributed by atoms with van der Waals surface area (Å²) in [5, 5.41) is 8.45. The molecule has 0 aliphatic rings. The van der Waals surface area contributed by atoms with Gasteiger partial charge in [-0.1, -0.05) is 0 Å². The first-order chi connectivity index (χ1) is 6.26. The maximum atomic E-state index is 11.0. The second-order valence-corrected chi connectivity index (χ2v) is 2.35. The molecule has 0 N–H and O–H groups in total. The molecule has 5 heteroatoms. The zero-order chi connectivity index (χ0) is 9.68. The van der Waals surface area contributed by atoms with Crippen LogP contribution in [-0.2, 0) is 16.1 Å². The van der Waals surface area contributed by atoms with E-state index >= 15 is 0 Å². The molecule has 0 saturated carbocycles. The number of rotatable bonds is 3. The summed E-state index contributed by atoms with van der Waals surface area (Å²) < 4.78 is 6.23. The van der Waals surface area contributed by atoms with Crippen LogP contribution in [-0.4, -0.2) is 22.1 Å². The molecule has 0 bridgehead atoms. The van der Waals surface area contributed by atoms with Crippen LogP contribution in [0.15, 0.2) is 12.5 Å². The Morgan fingerprint density at radius 3 is 3.15 bits per heavy atom. The summed E-state index contributed by atoms with van der Waals surface area (Å²) in [6, 6.07) is 1.87. The number of hydrogen-bond acceptors (Lipinski definition) is 4. The minimum Gasteiger partial charge on any atom is -0.465 e. The van der Waals surface area contributed by atoms with Gasteiger partial charge in [0.15, 0.2) is 5.69 Å². The highest BCUT2D eigenvalue weighted by atomic mass is 16.5. The van der Waals surface area contributed by atoms with Crippen molar-refractivity contribution in [3.63, 3.8) is 0 Å². The van der Waals surface area contributed by atoms with Gasteiger partial charge in [0.1, 0.15) is 12.6 Å². The normalized spacial score (nSPS) is 9.23. The van der Waals surface area contributed by atoms with E-state index in [4.69, 9.17) is 10.00 Å². The van der Waals surface area contributed by atoms with Gasteiger partial charge < -0.3 is 9.30 Å². The second kappa shape index (κ2) is 4.26. The average molecular weight is 179 g/mol. The SMILES string of the molecule is CCOC(=O)Cn1cnc(C#N)c1. The maximum Gasteiger partial charge on any atom is 0.325 e. The van der Waals surface area contributed by atoms with E-state index in [0.717, 1.165) is 0 Å². The lowest BCUT2D eigenvalue weighted by Gasteiger charge is -2.00. The summed E-state index contributed by atoms with van der Waals surface area (Å²) in [5.41, 5.74) is 0.296. The Labute approximate surface area is 75.6 Å². The summed E-state index contributed by atoms with van der Waals surface area (Å²) in [6.45, 7) is 2.20. The molecule has 0 fully saturated rings. The highest BCUT2D eigenvalue weighted by Crippen LogP contribution is 1.94. The van der Waals surface area contributed by atoms with Crippen molar-refractivity contribution in [2.75, 3.05) is 6.61 Å². The third-order valence-electron chi connectivity index (χ3n) is 1.36. The van der Waals surface area contributed by atoms with Crippen molar-refractivity contribution in [1.82, 2.24) is 9.55 Å². The van der Waals surface area contributed by atoms with Gasteiger partial charge in [-0.2, -0.15) is 5.26 Å². The number of esters is 1. The number of carbonyl (C=O) groups is 1. The van der Waals surface area contributed by atoms with Crippen LogP contribution >= 0.6 is 0 Å². The Hall–Kier alpha value is -1.83. The molecule has 1 aromatic rings. The summed E-state index contributed by atoms with van der Waals surface area (Å²) in [7, 11) is 0. The number of ether oxygens (including phenoxy) is 1. The second-order valence-electron chi connectivity index (χ2n) is 2.35. The lowest BCUT2D eigenvalue weighted by molar-refractivity contribution is -0.143. The number of nitrogens with zero attached hydrogens (tertiary/aromatic N) is 3. The van der Waals surface area contributed by atoms with Crippen molar-refractivity contribution in [2.24, 2.45) is 0 Å². The zero-order valence-corrected chi connectivity index (χ0v) is 7.23. The number of imidazole rings is 1. The fourth-order valence-electron chi connectivity index (χ4n) is 0.860. The molecular weight excluding hydrogens is 170 g/mol. The molecule has 0 aliphatic heterocycles. The molecular formula is C8H9N3O2. The maximum absolute atomic E-state index is 11.0.